The number of nitrogens with zero attached hydrogens (tertiary/aromatic N) is 1. The molecule has 1 unspecified atom stereocenters. The van der Waals surface area contributed by atoms with Gasteiger partial charge in [0, 0.05) is 12.2 Å². The van der Waals surface area contributed by atoms with Crippen molar-refractivity contribution in [3.05, 3.63) is 60.2 Å². The monoisotopic (exact) mass is 394 g/mol. The number of carbonyl (C=O) groups is 2. The van der Waals surface area contributed by atoms with E-state index >= 15 is 0 Å². The number of ether oxygens (including phenoxy) is 2. The quantitative estimate of drug-likeness (QED) is 0.722. The maximum absolute atomic E-state index is 12.5. The Morgan fingerprint density at radius 1 is 1.24 bits per heavy atom. The van der Waals surface area contributed by atoms with E-state index < -0.39 is 6.10 Å². The first-order valence-electron chi connectivity index (χ1n) is 9.65. The van der Waals surface area contributed by atoms with Crippen LogP contribution < -0.4 is 19.7 Å². The summed E-state index contributed by atoms with van der Waals surface area (Å²) in [4.78, 5) is 26.4. The molecule has 2 aromatic carbocycles. The summed E-state index contributed by atoms with van der Waals surface area (Å²) >= 11 is 0. The number of aryl methyl sites for hydroxylation is 1. The largest absolute Gasteiger partial charge is 0.484 e. The second-order valence-electron chi connectivity index (χ2n) is 7.16. The van der Waals surface area contributed by atoms with Gasteiger partial charge < -0.3 is 19.7 Å². The van der Waals surface area contributed by atoms with Crippen LogP contribution in [0.2, 0.25) is 0 Å². The molecule has 2 amide bonds. The molecule has 0 radical (unpaired) electrons. The molecule has 1 N–H and O–H groups in total. The minimum atomic E-state index is -0.560. The summed E-state index contributed by atoms with van der Waals surface area (Å²) in [5.74, 6) is 0.822. The maximum Gasteiger partial charge on any atom is 0.268 e. The van der Waals surface area contributed by atoms with E-state index in [4.69, 9.17) is 9.47 Å². The van der Waals surface area contributed by atoms with Crippen LogP contribution in [0, 0.1) is 0 Å². The van der Waals surface area contributed by atoms with E-state index in [1.165, 1.54) is 5.56 Å². The van der Waals surface area contributed by atoms with Gasteiger partial charge in [0.15, 0.2) is 12.7 Å². The van der Waals surface area contributed by atoms with Crippen LogP contribution in [0.25, 0.3) is 0 Å². The van der Waals surface area contributed by atoms with E-state index in [1.54, 1.807) is 30.0 Å². The predicted molar refractivity (Wildman–Crippen MR) is 114 cm³/mol. The highest BCUT2D eigenvalue weighted by atomic mass is 16.5. The number of hydrogen-bond acceptors (Lipinski definition) is 4. The van der Waals surface area contributed by atoms with Crippen LogP contribution in [0.15, 0.2) is 54.6 Å². The topological polar surface area (TPSA) is 67.9 Å². The minimum absolute atomic E-state index is 0.107. The smallest absolute Gasteiger partial charge is 0.268 e. The number of amides is 2. The van der Waals surface area contributed by atoms with Crippen molar-refractivity contribution in [2.24, 2.45) is 0 Å². The molecule has 1 aliphatic heterocycles. The van der Waals surface area contributed by atoms with Gasteiger partial charge in [0.25, 0.3) is 11.8 Å². The van der Waals surface area contributed by atoms with Crippen molar-refractivity contribution in [3.63, 3.8) is 0 Å². The third kappa shape index (κ3) is 4.96. The van der Waals surface area contributed by atoms with Gasteiger partial charge >= 0.3 is 0 Å². The van der Waals surface area contributed by atoms with Gasteiger partial charge in [0.2, 0.25) is 0 Å². The van der Waals surface area contributed by atoms with E-state index in [9.17, 15) is 9.59 Å². The summed E-state index contributed by atoms with van der Waals surface area (Å²) in [6, 6.07) is 12.9. The number of rotatable bonds is 7. The van der Waals surface area contributed by atoms with Gasteiger partial charge in [-0.2, -0.15) is 0 Å². The van der Waals surface area contributed by atoms with Crippen LogP contribution in [-0.2, 0) is 16.0 Å². The van der Waals surface area contributed by atoms with E-state index in [1.807, 2.05) is 31.2 Å². The Morgan fingerprint density at radius 3 is 2.62 bits per heavy atom. The third-order valence-corrected chi connectivity index (χ3v) is 4.58. The molecule has 6 heteroatoms. The maximum atomic E-state index is 12.5. The van der Waals surface area contributed by atoms with E-state index in [-0.39, 0.29) is 18.4 Å². The average Bonchev–Trinajstić information content (AvgIpc) is 2.70. The standard InChI is InChI=1S/C23H26N2O4/c1-5-17-6-9-19(10-7-17)28-14-22(26)24-18-8-11-21-20(12-18)25(13-15(2)3)23(27)16(4)29-21/h6-12,16H,2,5,13-14H2,1,3-4H3,(H,24,26). The van der Waals surface area contributed by atoms with Crippen molar-refractivity contribution in [3.8, 4) is 11.5 Å². The minimum Gasteiger partial charge on any atom is -0.484 e. The van der Waals surface area contributed by atoms with Gasteiger partial charge in [-0.1, -0.05) is 31.2 Å². The van der Waals surface area contributed by atoms with Crippen molar-refractivity contribution in [1.82, 2.24) is 0 Å². The first kappa shape index (κ1) is 20.5. The molecule has 6 nitrogen and oxygen atoms in total. The van der Waals surface area contributed by atoms with Gasteiger partial charge in [0.1, 0.15) is 11.5 Å². The van der Waals surface area contributed by atoms with Crippen molar-refractivity contribution in [2.75, 3.05) is 23.4 Å². The Labute approximate surface area is 171 Å². The molecule has 0 bridgehead atoms. The van der Waals surface area contributed by atoms with Crippen molar-refractivity contribution < 1.29 is 19.1 Å². The lowest BCUT2D eigenvalue weighted by molar-refractivity contribution is -0.125. The van der Waals surface area contributed by atoms with E-state index in [0.29, 0.717) is 29.4 Å². The molecule has 0 aliphatic carbocycles. The molecule has 0 saturated carbocycles. The summed E-state index contributed by atoms with van der Waals surface area (Å²) < 4.78 is 11.2. The lowest BCUT2D eigenvalue weighted by atomic mass is 10.1. The molecule has 3 rings (SSSR count). The van der Waals surface area contributed by atoms with Crippen molar-refractivity contribution in [2.45, 2.75) is 33.3 Å². The fourth-order valence-electron chi connectivity index (χ4n) is 3.09. The molecule has 0 aromatic heterocycles. The summed E-state index contributed by atoms with van der Waals surface area (Å²) in [6.45, 7) is 9.85. The fourth-order valence-corrected chi connectivity index (χ4v) is 3.09. The second-order valence-corrected chi connectivity index (χ2v) is 7.16. The molecular formula is C23H26N2O4. The Kier molecular flexibility index (Phi) is 6.22. The summed E-state index contributed by atoms with van der Waals surface area (Å²) in [5.41, 5.74) is 3.25. The molecule has 152 valence electrons. The lowest BCUT2D eigenvalue weighted by Crippen LogP contribution is -2.45. The Morgan fingerprint density at radius 2 is 1.97 bits per heavy atom. The number of carbonyl (C=O) groups excluding carboxylic acids is 2. The molecule has 2 aromatic rings. The van der Waals surface area contributed by atoms with Crippen LogP contribution in [0.5, 0.6) is 11.5 Å². The predicted octanol–water partition coefficient (Wildman–Crippen LogP) is 3.96. The number of fused-ring (bicyclic) bond motifs is 1. The Bertz CT molecular complexity index is 921. The summed E-state index contributed by atoms with van der Waals surface area (Å²) in [5, 5.41) is 2.80. The zero-order valence-corrected chi connectivity index (χ0v) is 17.0. The van der Waals surface area contributed by atoms with Gasteiger partial charge in [-0.15, -0.1) is 0 Å². The van der Waals surface area contributed by atoms with Crippen LogP contribution >= 0.6 is 0 Å². The molecule has 1 heterocycles. The van der Waals surface area contributed by atoms with Crippen LogP contribution in [0.4, 0.5) is 11.4 Å². The summed E-state index contributed by atoms with van der Waals surface area (Å²) in [6.07, 6.45) is 0.390. The first-order chi connectivity index (χ1) is 13.9. The average molecular weight is 394 g/mol. The van der Waals surface area contributed by atoms with Gasteiger partial charge in [-0.3, -0.25) is 9.59 Å². The molecule has 0 spiro atoms. The molecule has 0 fully saturated rings. The SMILES string of the molecule is C=C(C)CN1C(=O)C(C)Oc2ccc(NC(=O)COc3ccc(CC)cc3)cc21. The Hall–Kier alpha value is -3.28. The highest BCUT2D eigenvalue weighted by Gasteiger charge is 2.31. The highest BCUT2D eigenvalue weighted by molar-refractivity contribution is 6.01. The molecule has 1 aliphatic rings. The van der Waals surface area contributed by atoms with Crippen LogP contribution in [-0.4, -0.2) is 31.1 Å². The number of nitrogens with one attached hydrogen (secondary N) is 1. The number of hydrogen-bond donors (Lipinski definition) is 1. The van der Waals surface area contributed by atoms with E-state index in [2.05, 4.69) is 18.8 Å². The number of benzene rings is 2. The lowest BCUT2D eigenvalue weighted by Gasteiger charge is -2.33. The molecular weight excluding hydrogens is 368 g/mol. The molecule has 1 atom stereocenters. The Balaban J connectivity index is 1.68. The van der Waals surface area contributed by atoms with Gasteiger partial charge in [-0.05, 0) is 56.2 Å². The second kappa shape index (κ2) is 8.82. The third-order valence-electron chi connectivity index (χ3n) is 4.58. The first-order valence-corrected chi connectivity index (χ1v) is 9.65. The van der Waals surface area contributed by atoms with Crippen molar-refractivity contribution in [1.29, 1.82) is 0 Å². The van der Waals surface area contributed by atoms with Crippen LogP contribution in [0.1, 0.15) is 26.3 Å². The normalized spacial score (nSPS) is 15.3. The molecule has 0 saturated heterocycles. The number of anilines is 2. The van der Waals surface area contributed by atoms with Gasteiger partial charge in [-0.25, -0.2) is 0 Å². The van der Waals surface area contributed by atoms with E-state index in [0.717, 1.165) is 12.0 Å². The zero-order valence-electron chi connectivity index (χ0n) is 17.0. The van der Waals surface area contributed by atoms with Gasteiger partial charge in [0.05, 0.1) is 5.69 Å². The summed E-state index contributed by atoms with van der Waals surface area (Å²) in [7, 11) is 0. The highest BCUT2D eigenvalue weighted by Crippen LogP contribution is 2.36. The zero-order chi connectivity index (χ0) is 21.0. The molecule has 29 heavy (non-hydrogen) atoms. The van der Waals surface area contributed by atoms with Crippen LogP contribution in [0.3, 0.4) is 0 Å². The van der Waals surface area contributed by atoms with Crippen molar-refractivity contribution >= 4 is 23.2 Å². The fraction of sp³-hybridized carbons (Fsp3) is 0.304.